The molecule has 0 aliphatic carbocycles. The number of rotatable bonds is 9. The Kier molecular flexibility index (Phi) is 7.98. The Balaban J connectivity index is 1.59. The maximum atomic E-state index is 13.0. The van der Waals surface area contributed by atoms with Gasteiger partial charge >= 0.3 is 5.97 Å². The number of likely N-dealkylation sites (tertiary alicyclic amines) is 1. The van der Waals surface area contributed by atoms with Crippen molar-refractivity contribution in [1.82, 2.24) is 9.47 Å². The quantitative estimate of drug-likeness (QED) is 0.563. The smallest absolute Gasteiger partial charge is 0.338 e. The molecule has 1 amide bonds. The Morgan fingerprint density at radius 2 is 1.84 bits per heavy atom. The highest BCUT2D eigenvalue weighted by Gasteiger charge is 2.28. The zero-order valence-corrected chi connectivity index (χ0v) is 18.6. The number of aromatic nitrogens is 1. The van der Waals surface area contributed by atoms with E-state index in [0.717, 1.165) is 25.8 Å². The number of nitrogens with zero attached hydrogens (tertiary/aromatic N) is 2. The van der Waals surface area contributed by atoms with E-state index in [1.807, 2.05) is 48.7 Å². The number of carbonyl (C=O) groups is 2. The summed E-state index contributed by atoms with van der Waals surface area (Å²) >= 11 is 0. The van der Waals surface area contributed by atoms with Crippen LogP contribution in [0.2, 0.25) is 0 Å². The molecule has 1 atom stereocenters. The van der Waals surface area contributed by atoms with Gasteiger partial charge in [0.15, 0.2) is 11.5 Å². The van der Waals surface area contributed by atoms with Gasteiger partial charge in [0.25, 0.3) is 5.91 Å². The number of hydrogen-bond acceptors (Lipinski definition) is 5. The number of piperidine rings is 1. The Bertz CT molecular complexity index is 892. The molecule has 0 saturated carbocycles. The summed E-state index contributed by atoms with van der Waals surface area (Å²) in [6, 6.07) is 8.86. The van der Waals surface area contributed by atoms with E-state index >= 15 is 0 Å². The first-order valence-corrected chi connectivity index (χ1v) is 11.0. The maximum absolute atomic E-state index is 13.0. The van der Waals surface area contributed by atoms with Gasteiger partial charge in [-0.05, 0) is 63.4 Å². The molecule has 0 spiro atoms. The highest BCUT2D eigenvalue weighted by atomic mass is 16.5. The van der Waals surface area contributed by atoms with E-state index in [-0.39, 0.29) is 18.6 Å². The summed E-state index contributed by atoms with van der Waals surface area (Å²) in [5, 5.41) is 0. The van der Waals surface area contributed by atoms with Crippen LogP contribution in [0.3, 0.4) is 0 Å². The molecule has 2 aromatic rings. The lowest BCUT2D eigenvalue weighted by atomic mass is 9.99. The number of benzene rings is 1. The second-order valence-electron chi connectivity index (χ2n) is 7.60. The first kappa shape index (κ1) is 22.7. The number of aryl methyl sites for hydroxylation is 1. The number of carbonyl (C=O) groups excluding carboxylic acids is 2. The number of amides is 1. The van der Waals surface area contributed by atoms with Gasteiger partial charge in [0.1, 0.15) is 5.69 Å². The molecule has 1 saturated heterocycles. The first-order chi connectivity index (χ1) is 15.0. The van der Waals surface area contributed by atoms with Gasteiger partial charge in [0.2, 0.25) is 0 Å². The van der Waals surface area contributed by atoms with E-state index in [1.54, 1.807) is 18.2 Å². The molecule has 1 aromatic heterocycles. The van der Waals surface area contributed by atoms with Crippen molar-refractivity contribution in [3.8, 4) is 11.5 Å². The lowest BCUT2D eigenvalue weighted by Gasteiger charge is -2.35. The van der Waals surface area contributed by atoms with Gasteiger partial charge in [0.05, 0.1) is 25.4 Å². The Labute approximate surface area is 183 Å². The SMILES string of the molecule is CCOc1ccc(C(=O)OCCC2CCCCN2C(=O)c2cccn2C)cc1OCC. The predicted molar refractivity (Wildman–Crippen MR) is 118 cm³/mol. The van der Waals surface area contributed by atoms with Gasteiger partial charge in [-0.2, -0.15) is 0 Å². The fraction of sp³-hybridized carbons (Fsp3) is 0.500. The minimum atomic E-state index is -0.403. The fourth-order valence-corrected chi connectivity index (χ4v) is 3.95. The van der Waals surface area contributed by atoms with E-state index < -0.39 is 5.97 Å². The molecule has 1 aromatic carbocycles. The van der Waals surface area contributed by atoms with Crippen LogP contribution < -0.4 is 9.47 Å². The van der Waals surface area contributed by atoms with E-state index in [0.29, 0.717) is 42.4 Å². The van der Waals surface area contributed by atoms with Crippen molar-refractivity contribution < 1.29 is 23.8 Å². The minimum Gasteiger partial charge on any atom is -0.490 e. The van der Waals surface area contributed by atoms with Gasteiger partial charge in [-0.15, -0.1) is 0 Å². The summed E-state index contributed by atoms with van der Waals surface area (Å²) in [5.74, 6) is 0.778. The standard InChI is InChI=1S/C24H32N2O5/c1-4-29-21-12-11-18(17-22(21)30-5-2)24(28)31-16-13-19-9-6-7-15-26(19)23(27)20-10-8-14-25(20)3/h8,10-12,14,17,19H,4-7,9,13,15-16H2,1-3H3. The normalized spacial score (nSPS) is 16.1. The molecular formula is C24H32N2O5. The second-order valence-corrected chi connectivity index (χ2v) is 7.60. The zero-order chi connectivity index (χ0) is 22.2. The molecule has 1 unspecified atom stereocenters. The van der Waals surface area contributed by atoms with Crippen LogP contribution in [-0.4, -0.2) is 53.8 Å². The van der Waals surface area contributed by atoms with Gasteiger partial charge in [-0.3, -0.25) is 4.79 Å². The van der Waals surface area contributed by atoms with Gasteiger partial charge in [0, 0.05) is 32.3 Å². The molecule has 7 nitrogen and oxygen atoms in total. The number of esters is 1. The maximum Gasteiger partial charge on any atom is 0.338 e. The molecule has 0 radical (unpaired) electrons. The van der Waals surface area contributed by atoms with Crippen molar-refractivity contribution in [3.63, 3.8) is 0 Å². The molecule has 7 heteroatoms. The van der Waals surface area contributed by atoms with Crippen molar-refractivity contribution in [2.24, 2.45) is 7.05 Å². The summed E-state index contributed by atoms with van der Waals surface area (Å²) in [7, 11) is 1.88. The molecule has 31 heavy (non-hydrogen) atoms. The zero-order valence-electron chi connectivity index (χ0n) is 18.6. The van der Waals surface area contributed by atoms with Crippen molar-refractivity contribution in [2.45, 2.75) is 45.6 Å². The average molecular weight is 429 g/mol. The van der Waals surface area contributed by atoms with Crippen molar-refractivity contribution in [2.75, 3.05) is 26.4 Å². The third-order valence-electron chi connectivity index (χ3n) is 5.51. The third kappa shape index (κ3) is 5.60. The van der Waals surface area contributed by atoms with Gasteiger partial charge < -0.3 is 23.7 Å². The summed E-state index contributed by atoms with van der Waals surface area (Å²) in [4.78, 5) is 27.5. The Morgan fingerprint density at radius 3 is 2.55 bits per heavy atom. The van der Waals surface area contributed by atoms with Crippen LogP contribution in [0.4, 0.5) is 0 Å². The fourth-order valence-electron chi connectivity index (χ4n) is 3.95. The first-order valence-electron chi connectivity index (χ1n) is 11.0. The van der Waals surface area contributed by atoms with Crippen LogP contribution in [0.25, 0.3) is 0 Å². The van der Waals surface area contributed by atoms with Crippen LogP contribution in [0.1, 0.15) is 60.4 Å². The van der Waals surface area contributed by atoms with Crippen LogP contribution in [0.15, 0.2) is 36.5 Å². The van der Waals surface area contributed by atoms with Crippen molar-refractivity contribution >= 4 is 11.9 Å². The average Bonchev–Trinajstić information content (AvgIpc) is 3.21. The van der Waals surface area contributed by atoms with E-state index in [1.165, 1.54) is 0 Å². The van der Waals surface area contributed by atoms with E-state index in [2.05, 4.69) is 0 Å². The van der Waals surface area contributed by atoms with Crippen LogP contribution in [0.5, 0.6) is 11.5 Å². The summed E-state index contributed by atoms with van der Waals surface area (Å²) in [6.07, 6.45) is 5.49. The third-order valence-corrected chi connectivity index (χ3v) is 5.51. The minimum absolute atomic E-state index is 0.0383. The monoisotopic (exact) mass is 428 g/mol. The molecule has 168 valence electrons. The van der Waals surface area contributed by atoms with Crippen LogP contribution in [0, 0.1) is 0 Å². The molecular weight excluding hydrogens is 396 g/mol. The molecule has 1 aliphatic heterocycles. The Morgan fingerprint density at radius 1 is 1.06 bits per heavy atom. The molecule has 0 bridgehead atoms. The Hall–Kier alpha value is -2.96. The van der Waals surface area contributed by atoms with E-state index in [9.17, 15) is 9.59 Å². The van der Waals surface area contributed by atoms with Gasteiger partial charge in [-0.25, -0.2) is 4.79 Å². The topological polar surface area (TPSA) is 70.0 Å². The summed E-state index contributed by atoms with van der Waals surface area (Å²) in [6.45, 7) is 5.77. The molecule has 1 fully saturated rings. The van der Waals surface area contributed by atoms with Crippen molar-refractivity contribution in [3.05, 3.63) is 47.8 Å². The molecule has 2 heterocycles. The summed E-state index contributed by atoms with van der Waals surface area (Å²) < 4.78 is 18.5. The van der Waals surface area contributed by atoms with Gasteiger partial charge in [-0.1, -0.05) is 0 Å². The summed E-state index contributed by atoms with van der Waals surface area (Å²) in [5.41, 5.74) is 1.11. The van der Waals surface area contributed by atoms with E-state index in [4.69, 9.17) is 14.2 Å². The lowest BCUT2D eigenvalue weighted by molar-refractivity contribution is 0.0406. The number of hydrogen-bond donors (Lipinski definition) is 0. The lowest BCUT2D eigenvalue weighted by Crippen LogP contribution is -2.44. The van der Waals surface area contributed by atoms with Crippen LogP contribution >= 0.6 is 0 Å². The highest BCUT2D eigenvalue weighted by Crippen LogP contribution is 2.29. The largest absolute Gasteiger partial charge is 0.490 e. The molecule has 1 aliphatic rings. The highest BCUT2D eigenvalue weighted by molar-refractivity contribution is 5.93. The predicted octanol–water partition coefficient (Wildman–Crippen LogP) is 4.06. The second kappa shape index (κ2) is 10.9. The molecule has 3 rings (SSSR count). The van der Waals surface area contributed by atoms with Crippen LogP contribution in [-0.2, 0) is 11.8 Å². The number of ether oxygens (including phenoxy) is 3. The van der Waals surface area contributed by atoms with Crippen molar-refractivity contribution in [1.29, 1.82) is 0 Å². The molecule has 0 N–H and O–H groups in total.